The number of nitrogens with zero attached hydrogens (tertiary/aromatic N) is 4. The van der Waals surface area contributed by atoms with Crippen LogP contribution in [0.2, 0.25) is 0 Å². The van der Waals surface area contributed by atoms with Gasteiger partial charge in [-0.2, -0.15) is 0 Å². The van der Waals surface area contributed by atoms with Crippen LogP contribution in [0.4, 0.5) is 5.82 Å². The Balaban J connectivity index is 1.14. The number of carbonyl (C=O) groups is 2. The van der Waals surface area contributed by atoms with Crippen molar-refractivity contribution in [1.29, 1.82) is 0 Å². The van der Waals surface area contributed by atoms with Gasteiger partial charge in [0.15, 0.2) is 5.96 Å². The van der Waals surface area contributed by atoms with Crippen molar-refractivity contribution in [3.8, 4) is 0 Å². The highest BCUT2D eigenvalue weighted by Crippen LogP contribution is 2.52. The van der Waals surface area contributed by atoms with E-state index in [2.05, 4.69) is 43.7 Å². The topological polar surface area (TPSA) is 99.2 Å². The van der Waals surface area contributed by atoms with E-state index in [0.717, 1.165) is 30.9 Å². The van der Waals surface area contributed by atoms with E-state index in [1.54, 1.807) is 7.05 Å². The summed E-state index contributed by atoms with van der Waals surface area (Å²) in [6, 6.07) is 3.99. The van der Waals surface area contributed by atoms with Crippen molar-refractivity contribution in [2.75, 3.05) is 51.3 Å². The molecule has 2 aliphatic carbocycles. The number of allylic oxidation sites excluding steroid dienone is 2. The van der Waals surface area contributed by atoms with Gasteiger partial charge in [0.1, 0.15) is 5.82 Å². The van der Waals surface area contributed by atoms with Crippen LogP contribution in [0, 0.1) is 23.7 Å². The number of hydrogen-bond acceptors (Lipinski definition) is 6. The Hall–Kier alpha value is -2.94. The summed E-state index contributed by atoms with van der Waals surface area (Å²) >= 11 is 0. The monoisotopic (exact) mass is 438 g/mol. The quantitative estimate of drug-likeness (QED) is 0.287. The first-order valence-electron chi connectivity index (χ1n) is 11.4. The van der Waals surface area contributed by atoms with Gasteiger partial charge in [0.25, 0.3) is 0 Å². The maximum Gasteiger partial charge on any atom is 0.233 e. The standard InChI is InChI=1S/C23H30N6O3/c1-24-23(27-14-17-3-2-6-25-20(17)28-9-11-32-12-10-28)26-7-8-29-21(30)18-15-4-5-16(13-15)19(18)22(29)31/h2-6,15-16,18-19H,7-14H2,1H3,(H2,24,26,27). The van der Waals surface area contributed by atoms with Crippen molar-refractivity contribution in [1.82, 2.24) is 20.5 Å². The average Bonchev–Trinajstić information content (AvgIpc) is 3.52. The second kappa shape index (κ2) is 8.90. The first kappa shape index (κ1) is 20.9. The summed E-state index contributed by atoms with van der Waals surface area (Å²) in [7, 11) is 1.71. The van der Waals surface area contributed by atoms with Crippen LogP contribution in [-0.4, -0.2) is 74.1 Å². The second-order valence-corrected chi connectivity index (χ2v) is 8.77. The Labute approximate surface area is 187 Å². The summed E-state index contributed by atoms with van der Waals surface area (Å²) in [6.07, 6.45) is 7.00. The van der Waals surface area contributed by atoms with Crippen LogP contribution in [0.25, 0.3) is 0 Å². The van der Waals surface area contributed by atoms with E-state index >= 15 is 0 Å². The molecule has 1 aromatic rings. The van der Waals surface area contributed by atoms with Crippen LogP contribution in [0.5, 0.6) is 0 Å². The van der Waals surface area contributed by atoms with Gasteiger partial charge in [-0.25, -0.2) is 4.98 Å². The average molecular weight is 439 g/mol. The molecule has 0 aromatic carbocycles. The number of morpholine rings is 1. The predicted octanol–water partition coefficient (Wildman–Crippen LogP) is 0.390. The van der Waals surface area contributed by atoms with Gasteiger partial charge >= 0.3 is 0 Å². The van der Waals surface area contributed by atoms with Crippen LogP contribution in [0.3, 0.4) is 0 Å². The summed E-state index contributed by atoms with van der Waals surface area (Å²) in [6.45, 7) is 4.46. The van der Waals surface area contributed by atoms with E-state index in [1.165, 1.54) is 4.90 Å². The molecule has 1 aromatic heterocycles. The van der Waals surface area contributed by atoms with Crippen LogP contribution in [-0.2, 0) is 20.9 Å². The van der Waals surface area contributed by atoms with Crippen LogP contribution < -0.4 is 15.5 Å². The highest BCUT2D eigenvalue weighted by Gasteiger charge is 2.58. The summed E-state index contributed by atoms with van der Waals surface area (Å²) in [4.78, 5) is 38.1. The zero-order chi connectivity index (χ0) is 22.1. The first-order chi connectivity index (χ1) is 15.7. The highest BCUT2D eigenvalue weighted by atomic mass is 16.5. The van der Waals surface area contributed by atoms with Gasteiger partial charge in [-0.05, 0) is 24.3 Å². The number of likely N-dealkylation sites (tertiary alicyclic amines) is 1. The van der Waals surface area contributed by atoms with Gasteiger partial charge in [-0.3, -0.25) is 19.5 Å². The van der Waals surface area contributed by atoms with Crippen LogP contribution in [0.15, 0.2) is 35.5 Å². The number of imide groups is 1. The van der Waals surface area contributed by atoms with Crippen molar-refractivity contribution >= 4 is 23.6 Å². The summed E-state index contributed by atoms with van der Waals surface area (Å²) in [5.74, 6) is 1.78. The molecule has 3 heterocycles. The number of guanidine groups is 1. The molecule has 9 nitrogen and oxygen atoms in total. The lowest BCUT2D eigenvalue weighted by molar-refractivity contribution is -0.140. The Bertz CT molecular complexity index is 911. The second-order valence-electron chi connectivity index (χ2n) is 8.77. The third-order valence-electron chi connectivity index (χ3n) is 7.04. The third kappa shape index (κ3) is 3.74. The van der Waals surface area contributed by atoms with E-state index < -0.39 is 0 Å². The number of fused-ring (bicyclic) bond motifs is 5. The molecule has 9 heteroatoms. The molecule has 0 radical (unpaired) electrons. The van der Waals surface area contributed by atoms with Gasteiger partial charge in [-0.1, -0.05) is 18.2 Å². The van der Waals surface area contributed by atoms with Gasteiger partial charge < -0.3 is 20.3 Å². The molecule has 3 fully saturated rings. The van der Waals surface area contributed by atoms with E-state index in [4.69, 9.17) is 4.74 Å². The summed E-state index contributed by atoms with van der Waals surface area (Å²) < 4.78 is 5.45. The predicted molar refractivity (Wildman–Crippen MR) is 120 cm³/mol. The van der Waals surface area contributed by atoms with Crippen molar-refractivity contribution < 1.29 is 14.3 Å². The molecule has 1 saturated carbocycles. The number of rotatable bonds is 6. The number of amides is 2. The zero-order valence-corrected chi connectivity index (χ0v) is 18.4. The molecule has 170 valence electrons. The molecule has 2 N–H and O–H groups in total. The molecular weight excluding hydrogens is 408 g/mol. The molecule has 2 amide bonds. The number of ether oxygens (including phenoxy) is 1. The minimum Gasteiger partial charge on any atom is -0.378 e. The first-order valence-corrected chi connectivity index (χ1v) is 11.4. The Morgan fingerprint density at radius 1 is 1.16 bits per heavy atom. The number of nitrogens with one attached hydrogen (secondary N) is 2. The van der Waals surface area contributed by atoms with Crippen LogP contribution in [0.1, 0.15) is 12.0 Å². The number of hydrogen-bond donors (Lipinski definition) is 2. The largest absolute Gasteiger partial charge is 0.378 e. The number of pyridine rings is 1. The van der Waals surface area contributed by atoms with Gasteiger partial charge in [-0.15, -0.1) is 0 Å². The lowest BCUT2D eigenvalue weighted by Crippen LogP contribution is -2.43. The van der Waals surface area contributed by atoms with Gasteiger partial charge in [0.05, 0.1) is 25.0 Å². The molecular formula is C23H30N6O3. The third-order valence-corrected chi connectivity index (χ3v) is 7.04. The van der Waals surface area contributed by atoms with E-state index in [0.29, 0.717) is 38.8 Å². The molecule has 32 heavy (non-hydrogen) atoms. The SMILES string of the molecule is CN=C(NCCN1C(=O)C2C3C=CC(C3)C2C1=O)NCc1cccnc1N1CCOCC1. The maximum atomic E-state index is 12.8. The van der Waals surface area contributed by atoms with E-state index in [1.807, 2.05) is 12.3 Å². The van der Waals surface area contributed by atoms with E-state index in [-0.39, 0.29) is 35.5 Å². The van der Waals surface area contributed by atoms with Crippen LogP contribution >= 0.6 is 0 Å². The van der Waals surface area contributed by atoms with Crippen molar-refractivity contribution in [3.05, 3.63) is 36.0 Å². The fourth-order valence-corrected chi connectivity index (χ4v) is 5.50. The molecule has 2 saturated heterocycles. The van der Waals surface area contributed by atoms with E-state index in [9.17, 15) is 9.59 Å². The molecule has 5 rings (SSSR count). The molecule has 2 bridgehead atoms. The maximum absolute atomic E-state index is 12.8. The Morgan fingerprint density at radius 2 is 1.88 bits per heavy atom. The number of aliphatic imine (C=N–C) groups is 1. The summed E-state index contributed by atoms with van der Waals surface area (Å²) in [5, 5.41) is 6.55. The molecule has 4 unspecified atom stereocenters. The van der Waals surface area contributed by atoms with Crippen molar-refractivity contribution in [3.63, 3.8) is 0 Å². The van der Waals surface area contributed by atoms with Crippen molar-refractivity contribution in [2.45, 2.75) is 13.0 Å². The molecule has 0 spiro atoms. The Morgan fingerprint density at radius 3 is 2.56 bits per heavy atom. The molecule has 4 atom stereocenters. The van der Waals surface area contributed by atoms with Gasteiger partial charge in [0, 0.05) is 51.5 Å². The fraction of sp³-hybridized carbons (Fsp3) is 0.565. The lowest BCUT2D eigenvalue weighted by atomic mass is 9.85. The minimum absolute atomic E-state index is 0.00731. The number of anilines is 1. The van der Waals surface area contributed by atoms with Gasteiger partial charge in [0.2, 0.25) is 11.8 Å². The normalized spacial score (nSPS) is 29.1. The summed E-state index contributed by atoms with van der Waals surface area (Å²) in [5.41, 5.74) is 1.08. The highest BCUT2D eigenvalue weighted by molar-refractivity contribution is 6.06. The lowest BCUT2D eigenvalue weighted by Gasteiger charge is -2.29. The molecule has 2 aliphatic heterocycles. The fourth-order valence-electron chi connectivity index (χ4n) is 5.50. The molecule has 4 aliphatic rings. The number of carbonyl (C=O) groups excluding carboxylic acids is 2. The zero-order valence-electron chi connectivity index (χ0n) is 18.4. The van der Waals surface area contributed by atoms with Crippen molar-refractivity contribution in [2.24, 2.45) is 28.7 Å². The smallest absolute Gasteiger partial charge is 0.233 e. The minimum atomic E-state index is -0.140. The Kier molecular flexibility index (Phi) is 5.82. The number of aromatic nitrogens is 1.